The summed E-state index contributed by atoms with van der Waals surface area (Å²) in [7, 11) is 0. The molecule has 0 aliphatic carbocycles. The van der Waals surface area contributed by atoms with Crippen LogP contribution in [0, 0.1) is 63.5 Å². The van der Waals surface area contributed by atoms with E-state index in [1.54, 1.807) is 0 Å². The second-order valence-corrected chi connectivity index (χ2v) is 10.9. The van der Waals surface area contributed by atoms with E-state index in [4.69, 9.17) is 15.0 Å². The molecule has 5 rings (SSSR count). The fraction of sp³-hybridized carbons (Fsp3) is 0.265. The fourth-order valence-corrected chi connectivity index (χ4v) is 5.40. The average Bonchev–Trinajstić information content (AvgIpc) is 3.45. The first kappa shape index (κ1) is 28.5. The van der Waals surface area contributed by atoms with E-state index in [1.807, 2.05) is 70.2 Å². The zero-order valence-corrected chi connectivity index (χ0v) is 24.8. The van der Waals surface area contributed by atoms with Gasteiger partial charge in [-0.3, -0.25) is 10.1 Å². The number of nitro groups is 1. The van der Waals surface area contributed by atoms with Crippen LogP contribution in [-0.2, 0) is 6.42 Å². The molecule has 0 N–H and O–H groups in total. The quantitative estimate of drug-likeness (QED) is 0.133. The molecule has 42 heavy (non-hydrogen) atoms. The smallest absolute Gasteiger partial charge is 0.212 e. The molecular formula is C34H34N6O2. The second-order valence-electron chi connectivity index (χ2n) is 10.9. The number of aryl methyl sites for hydroxylation is 6. The molecule has 0 fully saturated rings. The standard InChI is InChI=1S/C34H34N6O2/c1-22-16-30(36-33(18-22)39-24(3)10-11-25(39)4)15-14-29-8-7-9-32(35-29)28(21-38(41)42)20-31-17-23(2)19-34(37-31)40-26(5)12-13-27(40)6/h7-13,16-19,28H,20-21H2,1-6H3. The zero-order chi connectivity index (χ0) is 30.0. The Labute approximate surface area is 246 Å². The molecule has 0 spiro atoms. The van der Waals surface area contributed by atoms with Crippen molar-refractivity contribution in [3.05, 3.63) is 134 Å². The lowest BCUT2D eigenvalue weighted by Gasteiger charge is -2.15. The lowest BCUT2D eigenvalue weighted by atomic mass is 9.97. The summed E-state index contributed by atoms with van der Waals surface area (Å²) in [5, 5.41) is 11.7. The van der Waals surface area contributed by atoms with Gasteiger partial charge in [-0.25, -0.2) is 15.0 Å². The van der Waals surface area contributed by atoms with Crippen LogP contribution in [0.5, 0.6) is 0 Å². The van der Waals surface area contributed by atoms with Crippen molar-refractivity contribution in [2.75, 3.05) is 6.54 Å². The van der Waals surface area contributed by atoms with Crippen LogP contribution in [0.2, 0.25) is 0 Å². The maximum absolute atomic E-state index is 11.7. The monoisotopic (exact) mass is 558 g/mol. The maximum Gasteiger partial charge on any atom is 0.212 e. The van der Waals surface area contributed by atoms with Crippen LogP contribution in [0.4, 0.5) is 0 Å². The molecule has 1 atom stereocenters. The summed E-state index contributed by atoms with van der Waals surface area (Å²) < 4.78 is 4.19. The number of hydrogen-bond donors (Lipinski definition) is 0. The van der Waals surface area contributed by atoms with Crippen LogP contribution in [-0.4, -0.2) is 35.6 Å². The van der Waals surface area contributed by atoms with E-state index < -0.39 is 5.92 Å². The third-order valence-electron chi connectivity index (χ3n) is 7.30. The summed E-state index contributed by atoms with van der Waals surface area (Å²) >= 11 is 0. The van der Waals surface area contributed by atoms with Gasteiger partial charge in [0.2, 0.25) is 6.54 Å². The minimum Gasteiger partial charge on any atom is -0.303 e. The van der Waals surface area contributed by atoms with Gasteiger partial charge in [0.05, 0.1) is 11.6 Å². The van der Waals surface area contributed by atoms with Gasteiger partial charge in [0.25, 0.3) is 0 Å². The van der Waals surface area contributed by atoms with Crippen molar-refractivity contribution >= 4 is 0 Å². The first-order valence-corrected chi connectivity index (χ1v) is 13.9. The van der Waals surface area contributed by atoms with Gasteiger partial charge in [-0.1, -0.05) is 6.07 Å². The van der Waals surface area contributed by atoms with Crippen LogP contribution in [0.25, 0.3) is 11.6 Å². The van der Waals surface area contributed by atoms with Gasteiger partial charge in [0.1, 0.15) is 23.0 Å². The lowest BCUT2D eigenvalue weighted by molar-refractivity contribution is -0.483. The van der Waals surface area contributed by atoms with Gasteiger partial charge in [0.15, 0.2) is 0 Å². The van der Waals surface area contributed by atoms with Gasteiger partial charge in [-0.15, -0.1) is 0 Å². The number of rotatable bonds is 7. The number of hydrogen-bond acceptors (Lipinski definition) is 5. The Morgan fingerprint density at radius 1 is 0.714 bits per heavy atom. The van der Waals surface area contributed by atoms with Crippen molar-refractivity contribution < 1.29 is 4.92 Å². The molecule has 5 aromatic rings. The first-order chi connectivity index (χ1) is 20.1. The van der Waals surface area contributed by atoms with E-state index in [2.05, 4.69) is 59.1 Å². The summed E-state index contributed by atoms with van der Waals surface area (Å²) in [4.78, 5) is 25.8. The van der Waals surface area contributed by atoms with Gasteiger partial charge < -0.3 is 9.13 Å². The highest BCUT2D eigenvalue weighted by molar-refractivity contribution is 5.43. The molecule has 0 amide bonds. The maximum atomic E-state index is 11.7. The Hall–Kier alpha value is -5.03. The van der Waals surface area contributed by atoms with Crippen LogP contribution in [0.3, 0.4) is 0 Å². The Bertz CT molecular complexity index is 1810. The van der Waals surface area contributed by atoms with E-state index in [0.29, 0.717) is 23.5 Å². The third kappa shape index (κ3) is 6.31. The van der Waals surface area contributed by atoms with E-state index in [9.17, 15) is 10.1 Å². The summed E-state index contributed by atoms with van der Waals surface area (Å²) in [6.07, 6.45) is 0.386. The third-order valence-corrected chi connectivity index (χ3v) is 7.30. The van der Waals surface area contributed by atoms with E-state index in [-0.39, 0.29) is 11.5 Å². The summed E-state index contributed by atoms with van der Waals surface area (Å²) in [6, 6.07) is 21.7. The van der Waals surface area contributed by atoms with Crippen molar-refractivity contribution in [2.24, 2.45) is 0 Å². The van der Waals surface area contributed by atoms with Crippen molar-refractivity contribution in [2.45, 2.75) is 53.9 Å². The predicted octanol–water partition coefficient (Wildman–Crippen LogP) is 6.31. The van der Waals surface area contributed by atoms with Crippen molar-refractivity contribution in [3.8, 4) is 23.5 Å². The van der Waals surface area contributed by atoms with Gasteiger partial charge in [0, 0.05) is 39.8 Å². The van der Waals surface area contributed by atoms with E-state index >= 15 is 0 Å². The Balaban J connectivity index is 1.45. The minimum atomic E-state index is -0.459. The van der Waals surface area contributed by atoms with Gasteiger partial charge in [-0.05, 0) is 125 Å². The normalized spacial score (nSPS) is 11.7. The SMILES string of the molecule is Cc1cc(C#Cc2cccc(C(Cc3cc(C)cc(-n4c(C)ccc4C)n3)C[N+](=O)[O-])n2)nc(-n2c(C)ccc2C)c1. The van der Waals surface area contributed by atoms with Crippen molar-refractivity contribution in [3.63, 3.8) is 0 Å². The number of nitrogens with zero attached hydrogens (tertiary/aromatic N) is 6. The molecule has 0 saturated heterocycles. The van der Waals surface area contributed by atoms with Crippen LogP contribution < -0.4 is 0 Å². The van der Waals surface area contributed by atoms with Crippen molar-refractivity contribution in [1.82, 2.24) is 24.1 Å². The zero-order valence-electron chi connectivity index (χ0n) is 24.8. The van der Waals surface area contributed by atoms with Crippen LogP contribution >= 0.6 is 0 Å². The molecule has 0 aromatic carbocycles. The molecule has 0 radical (unpaired) electrons. The molecule has 0 saturated carbocycles. The summed E-state index contributed by atoms with van der Waals surface area (Å²) in [5.41, 5.74) is 9.05. The molecule has 8 nitrogen and oxygen atoms in total. The van der Waals surface area contributed by atoms with Crippen LogP contribution in [0.1, 0.15) is 62.6 Å². The van der Waals surface area contributed by atoms with Gasteiger partial charge in [-0.2, -0.15) is 0 Å². The largest absolute Gasteiger partial charge is 0.303 e. The van der Waals surface area contributed by atoms with Crippen molar-refractivity contribution in [1.29, 1.82) is 0 Å². The van der Waals surface area contributed by atoms with Crippen LogP contribution in [0.15, 0.2) is 66.7 Å². The molecule has 212 valence electrons. The molecular weight excluding hydrogens is 524 g/mol. The summed E-state index contributed by atoms with van der Waals surface area (Å²) in [5.74, 6) is 7.46. The number of pyridine rings is 3. The fourth-order valence-electron chi connectivity index (χ4n) is 5.40. The number of aromatic nitrogens is 5. The van der Waals surface area contributed by atoms with E-state index in [0.717, 1.165) is 51.2 Å². The molecule has 0 bridgehead atoms. The highest BCUT2D eigenvalue weighted by Crippen LogP contribution is 2.23. The molecule has 0 aliphatic rings. The molecule has 5 heterocycles. The Morgan fingerprint density at radius 3 is 1.86 bits per heavy atom. The predicted molar refractivity (Wildman–Crippen MR) is 164 cm³/mol. The highest BCUT2D eigenvalue weighted by Gasteiger charge is 2.22. The summed E-state index contributed by atoms with van der Waals surface area (Å²) in [6.45, 7) is 12.0. The molecule has 5 aromatic heterocycles. The molecule has 0 aliphatic heterocycles. The highest BCUT2D eigenvalue weighted by atomic mass is 16.6. The van der Waals surface area contributed by atoms with E-state index in [1.165, 1.54) is 0 Å². The second kappa shape index (κ2) is 11.8. The minimum absolute atomic E-state index is 0.255. The molecule has 8 heteroatoms. The average molecular weight is 559 g/mol. The Morgan fingerprint density at radius 2 is 1.26 bits per heavy atom. The van der Waals surface area contributed by atoms with Gasteiger partial charge >= 0.3 is 0 Å². The topological polar surface area (TPSA) is 91.7 Å². The first-order valence-electron chi connectivity index (χ1n) is 13.9. The Kier molecular flexibility index (Phi) is 8.03. The lowest BCUT2D eigenvalue weighted by Crippen LogP contribution is -2.18. The molecule has 1 unspecified atom stereocenters.